The Morgan fingerprint density at radius 3 is 3.00 bits per heavy atom. The number of aromatic nitrogens is 3. The molecule has 0 fully saturated rings. The van der Waals surface area contributed by atoms with Gasteiger partial charge in [0.15, 0.2) is 5.82 Å². The summed E-state index contributed by atoms with van der Waals surface area (Å²) >= 11 is 0. The number of nitrogens with zero attached hydrogens (tertiary/aromatic N) is 3. The standard InChI is InChI=1S/C6H12N4/c1-2-3-4-6-9-8-5-10(6)7/h5H,2-4,7H2,1H3. The molecule has 0 aliphatic carbocycles. The van der Waals surface area contributed by atoms with Gasteiger partial charge in [-0.3, -0.25) is 0 Å². The Bertz CT molecular complexity index is 193. The van der Waals surface area contributed by atoms with Gasteiger partial charge in [0, 0.05) is 6.42 Å². The molecule has 0 saturated carbocycles. The first-order valence-corrected chi connectivity index (χ1v) is 3.48. The van der Waals surface area contributed by atoms with Crippen LogP contribution in [0.5, 0.6) is 0 Å². The van der Waals surface area contributed by atoms with Crippen molar-refractivity contribution in [1.82, 2.24) is 14.9 Å². The Morgan fingerprint density at radius 1 is 1.70 bits per heavy atom. The highest BCUT2D eigenvalue weighted by Gasteiger charge is 1.97. The van der Waals surface area contributed by atoms with Gasteiger partial charge in [-0.05, 0) is 6.42 Å². The summed E-state index contributed by atoms with van der Waals surface area (Å²) in [6, 6.07) is 0. The van der Waals surface area contributed by atoms with Crippen LogP contribution in [0.2, 0.25) is 0 Å². The molecule has 0 radical (unpaired) electrons. The van der Waals surface area contributed by atoms with Gasteiger partial charge in [0.1, 0.15) is 6.33 Å². The first-order chi connectivity index (χ1) is 4.84. The second-order valence-electron chi connectivity index (χ2n) is 2.26. The maximum absolute atomic E-state index is 5.47. The van der Waals surface area contributed by atoms with Crippen molar-refractivity contribution in [2.75, 3.05) is 5.84 Å². The highest BCUT2D eigenvalue weighted by atomic mass is 15.4. The molecule has 4 heteroatoms. The highest BCUT2D eigenvalue weighted by molar-refractivity contribution is 4.84. The van der Waals surface area contributed by atoms with E-state index in [1.807, 2.05) is 0 Å². The van der Waals surface area contributed by atoms with Gasteiger partial charge in [0.25, 0.3) is 0 Å². The molecule has 0 saturated heterocycles. The fourth-order valence-corrected chi connectivity index (χ4v) is 0.780. The molecule has 0 aliphatic heterocycles. The van der Waals surface area contributed by atoms with E-state index in [4.69, 9.17) is 5.84 Å². The second kappa shape index (κ2) is 3.20. The average Bonchev–Trinajstić information content (AvgIpc) is 2.31. The minimum absolute atomic E-state index is 0.863. The maximum atomic E-state index is 5.47. The number of nitrogen functional groups attached to an aromatic ring is 1. The lowest BCUT2D eigenvalue weighted by Crippen LogP contribution is -2.11. The molecule has 0 aromatic carbocycles. The second-order valence-corrected chi connectivity index (χ2v) is 2.26. The fourth-order valence-electron chi connectivity index (χ4n) is 0.780. The number of rotatable bonds is 3. The van der Waals surface area contributed by atoms with Crippen molar-refractivity contribution >= 4 is 0 Å². The summed E-state index contributed by atoms with van der Waals surface area (Å²) in [5.74, 6) is 6.34. The lowest BCUT2D eigenvalue weighted by Gasteiger charge is -1.96. The van der Waals surface area contributed by atoms with E-state index >= 15 is 0 Å². The molecular formula is C6H12N4. The van der Waals surface area contributed by atoms with Crippen molar-refractivity contribution in [2.24, 2.45) is 0 Å². The molecular weight excluding hydrogens is 128 g/mol. The van der Waals surface area contributed by atoms with Crippen LogP contribution in [0.15, 0.2) is 6.33 Å². The average molecular weight is 140 g/mol. The Labute approximate surface area is 60.0 Å². The monoisotopic (exact) mass is 140 g/mol. The van der Waals surface area contributed by atoms with Gasteiger partial charge in [-0.25, -0.2) is 4.68 Å². The number of hydrogen-bond acceptors (Lipinski definition) is 3. The first-order valence-electron chi connectivity index (χ1n) is 3.48. The molecule has 1 aromatic rings. The zero-order chi connectivity index (χ0) is 7.40. The summed E-state index contributed by atoms with van der Waals surface area (Å²) in [6.45, 7) is 2.14. The van der Waals surface area contributed by atoms with Crippen molar-refractivity contribution < 1.29 is 0 Å². The Morgan fingerprint density at radius 2 is 2.50 bits per heavy atom. The van der Waals surface area contributed by atoms with Crippen LogP contribution in [-0.2, 0) is 6.42 Å². The SMILES string of the molecule is CCCCc1nncn1N. The third kappa shape index (κ3) is 1.46. The minimum Gasteiger partial charge on any atom is -0.336 e. The van der Waals surface area contributed by atoms with E-state index in [1.54, 1.807) is 0 Å². The lowest BCUT2D eigenvalue weighted by atomic mass is 10.2. The van der Waals surface area contributed by atoms with Crippen molar-refractivity contribution in [3.05, 3.63) is 12.2 Å². The van der Waals surface area contributed by atoms with Crippen molar-refractivity contribution in [3.63, 3.8) is 0 Å². The smallest absolute Gasteiger partial charge is 0.151 e. The van der Waals surface area contributed by atoms with Gasteiger partial charge >= 0.3 is 0 Å². The number of aryl methyl sites for hydroxylation is 1. The molecule has 0 spiro atoms. The molecule has 1 heterocycles. The zero-order valence-corrected chi connectivity index (χ0v) is 6.12. The molecule has 4 nitrogen and oxygen atoms in total. The third-order valence-corrected chi connectivity index (χ3v) is 1.40. The van der Waals surface area contributed by atoms with E-state index < -0.39 is 0 Å². The van der Waals surface area contributed by atoms with Crippen LogP contribution in [0.1, 0.15) is 25.6 Å². The van der Waals surface area contributed by atoms with Crippen LogP contribution in [0.25, 0.3) is 0 Å². The molecule has 0 amide bonds. The Kier molecular flexibility index (Phi) is 2.25. The van der Waals surface area contributed by atoms with Crippen molar-refractivity contribution in [2.45, 2.75) is 26.2 Å². The molecule has 0 bridgehead atoms. The summed E-state index contributed by atoms with van der Waals surface area (Å²) in [5, 5.41) is 7.50. The summed E-state index contributed by atoms with van der Waals surface area (Å²) in [4.78, 5) is 0. The van der Waals surface area contributed by atoms with Gasteiger partial charge in [-0.15, -0.1) is 10.2 Å². The van der Waals surface area contributed by atoms with Crippen molar-refractivity contribution in [1.29, 1.82) is 0 Å². The van der Waals surface area contributed by atoms with E-state index in [9.17, 15) is 0 Å². The quantitative estimate of drug-likeness (QED) is 0.616. The molecule has 1 aromatic heterocycles. The van der Waals surface area contributed by atoms with Gasteiger partial charge in [-0.2, -0.15) is 0 Å². The molecule has 0 unspecified atom stereocenters. The van der Waals surface area contributed by atoms with E-state index in [0.29, 0.717) is 0 Å². The summed E-state index contributed by atoms with van der Waals surface area (Å²) in [5.41, 5.74) is 0. The largest absolute Gasteiger partial charge is 0.336 e. The lowest BCUT2D eigenvalue weighted by molar-refractivity contribution is 0.726. The summed E-state index contributed by atoms with van der Waals surface area (Å²) < 4.78 is 1.47. The van der Waals surface area contributed by atoms with Crippen LogP contribution >= 0.6 is 0 Å². The summed E-state index contributed by atoms with van der Waals surface area (Å²) in [7, 11) is 0. The van der Waals surface area contributed by atoms with E-state index in [-0.39, 0.29) is 0 Å². The zero-order valence-electron chi connectivity index (χ0n) is 6.12. The van der Waals surface area contributed by atoms with E-state index in [0.717, 1.165) is 25.1 Å². The van der Waals surface area contributed by atoms with Crippen LogP contribution in [0.3, 0.4) is 0 Å². The van der Waals surface area contributed by atoms with Gasteiger partial charge < -0.3 is 5.84 Å². The van der Waals surface area contributed by atoms with Crippen LogP contribution in [-0.4, -0.2) is 14.9 Å². The molecule has 0 atom stereocenters. The normalized spacial score (nSPS) is 10.1. The number of nitrogens with two attached hydrogens (primary N) is 1. The van der Waals surface area contributed by atoms with E-state index in [1.165, 1.54) is 11.0 Å². The third-order valence-electron chi connectivity index (χ3n) is 1.40. The Hall–Kier alpha value is -1.06. The molecule has 2 N–H and O–H groups in total. The molecule has 56 valence electrons. The van der Waals surface area contributed by atoms with Crippen molar-refractivity contribution in [3.8, 4) is 0 Å². The first kappa shape index (κ1) is 7.05. The van der Waals surface area contributed by atoms with Gasteiger partial charge in [0.05, 0.1) is 0 Å². The molecule has 0 aliphatic rings. The number of unbranched alkanes of at least 4 members (excludes halogenated alkanes) is 1. The van der Waals surface area contributed by atoms with Crippen LogP contribution in [0, 0.1) is 0 Å². The summed E-state index contributed by atoms with van der Waals surface area (Å²) in [6.07, 6.45) is 4.72. The van der Waals surface area contributed by atoms with Gasteiger partial charge in [0.2, 0.25) is 0 Å². The number of hydrogen-bond donors (Lipinski definition) is 1. The maximum Gasteiger partial charge on any atom is 0.151 e. The topological polar surface area (TPSA) is 56.7 Å². The molecule has 1 rings (SSSR count). The fraction of sp³-hybridized carbons (Fsp3) is 0.667. The van der Waals surface area contributed by atoms with Crippen LogP contribution < -0.4 is 5.84 Å². The molecule has 10 heavy (non-hydrogen) atoms. The Balaban J connectivity index is 2.49. The minimum atomic E-state index is 0.863. The predicted octanol–water partition coefficient (Wildman–Crippen LogP) is 0.334. The van der Waals surface area contributed by atoms with Gasteiger partial charge in [-0.1, -0.05) is 13.3 Å². The van der Waals surface area contributed by atoms with Crippen LogP contribution in [0.4, 0.5) is 0 Å². The predicted molar refractivity (Wildman–Crippen MR) is 38.8 cm³/mol. The highest BCUT2D eigenvalue weighted by Crippen LogP contribution is 1.97. The van der Waals surface area contributed by atoms with E-state index in [2.05, 4.69) is 17.1 Å².